The van der Waals surface area contributed by atoms with Crippen LogP contribution in [0, 0.1) is 10.1 Å². The van der Waals surface area contributed by atoms with Gasteiger partial charge in [0.1, 0.15) is 12.7 Å². The number of hydrogen-bond donors (Lipinski definition) is 1. The van der Waals surface area contributed by atoms with Crippen LogP contribution in [0.1, 0.15) is 13.3 Å². The van der Waals surface area contributed by atoms with Gasteiger partial charge in [0.25, 0.3) is 0 Å². The van der Waals surface area contributed by atoms with Crippen LogP contribution in [0.3, 0.4) is 0 Å². The monoisotopic (exact) mass is 429 g/mol. The molecule has 158 valence electrons. The molecule has 0 spiro atoms. The first kappa shape index (κ1) is 22.5. The number of hydrogen-bond acceptors (Lipinski definition) is 10. The summed E-state index contributed by atoms with van der Waals surface area (Å²) in [5, 5.41) is 11.0. The Balaban J connectivity index is 0.000000351. The second kappa shape index (κ2) is 9.65. The topological polar surface area (TPSA) is 167 Å². The Morgan fingerprint density at radius 1 is 1.28 bits per heavy atom. The summed E-state index contributed by atoms with van der Waals surface area (Å²) in [6, 6.07) is 0. The van der Waals surface area contributed by atoms with Crippen molar-refractivity contribution in [1.82, 2.24) is 0 Å². The van der Waals surface area contributed by atoms with Gasteiger partial charge >= 0.3 is 22.2 Å². The van der Waals surface area contributed by atoms with Crippen molar-refractivity contribution in [2.45, 2.75) is 25.2 Å². The molecule has 3 aliphatic rings. The van der Waals surface area contributed by atoms with Gasteiger partial charge in [0, 0.05) is 19.4 Å². The van der Waals surface area contributed by atoms with Gasteiger partial charge in [-0.1, -0.05) is 24.3 Å². The Kier molecular flexibility index (Phi) is 7.50. The second-order valence-electron chi connectivity index (χ2n) is 6.03. The first-order chi connectivity index (χ1) is 13.6. The van der Waals surface area contributed by atoms with Crippen LogP contribution in [0.5, 0.6) is 0 Å². The number of aliphatic imine (C=N–C) groups is 2. The van der Waals surface area contributed by atoms with Gasteiger partial charge in [0.15, 0.2) is 6.61 Å². The molecule has 0 radical (unpaired) electrons. The van der Waals surface area contributed by atoms with E-state index in [4.69, 9.17) is 9.29 Å². The molecule has 1 aliphatic heterocycles. The summed E-state index contributed by atoms with van der Waals surface area (Å²) in [7, 11) is -4.74. The normalized spacial score (nSPS) is 18.7. The van der Waals surface area contributed by atoms with Crippen LogP contribution in [-0.2, 0) is 28.9 Å². The minimum absolute atomic E-state index is 0.438. The number of carbonyl (C=O) groups excluding carboxylic acids is 1. The highest BCUT2D eigenvalue weighted by atomic mass is 32.3. The average molecular weight is 429 g/mol. The number of allylic oxidation sites excluding steroid dienone is 6. The molecule has 0 saturated carbocycles. The van der Waals surface area contributed by atoms with E-state index in [0.29, 0.717) is 0 Å². The molecule has 2 aliphatic carbocycles. The molecule has 1 N–H and O–H groups in total. The maximum atomic E-state index is 11.0. The van der Waals surface area contributed by atoms with Gasteiger partial charge in [0.2, 0.25) is 0 Å². The van der Waals surface area contributed by atoms with Crippen LogP contribution in [0.25, 0.3) is 0 Å². The molecule has 0 aromatic heterocycles. The fourth-order valence-corrected chi connectivity index (χ4v) is 2.64. The van der Waals surface area contributed by atoms with Gasteiger partial charge in [-0.3, -0.25) is 19.5 Å². The highest BCUT2D eigenvalue weighted by molar-refractivity contribution is 7.80. The van der Waals surface area contributed by atoms with Crippen molar-refractivity contribution < 1.29 is 36.3 Å². The van der Waals surface area contributed by atoms with Gasteiger partial charge in [-0.15, -0.1) is 0 Å². The van der Waals surface area contributed by atoms with Crippen molar-refractivity contribution in [3.63, 3.8) is 0 Å². The number of carbonyl (C=O) groups is 1. The summed E-state index contributed by atoms with van der Waals surface area (Å²) in [4.78, 5) is 28.0. The lowest BCUT2D eigenvalue weighted by atomic mass is 10.3. The van der Waals surface area contributed by atoms with Gasteiger partial charge in [-0.25, -0.2) is 4.18 Å². The number of nitro groups is 1. The molecule has 0 aromatic rings. The van der Waals surface area contributed by atoms with Crippen LogP contribution in [-0.4, -0.2) is 68.0 Å². The SMILES string of the molecule is C1=CC2=CC=C1C2.CC(=O)OCC(COS(=O)(=O)O)OCC1([N+](=O)[O-])N=CC=N1. The molecule has 0 saturated heterocycles. The molecule has 0 aromatic carbocycles. The Morgan fingerprint density at radius 3 is 2.24 bits per heavy atom. The minimum atomic E-state index is -4.74. The Morgan fingerprint density at radius 2 is 1.86 bits per heavy atom. The van der Waals surface area contributed by atoms with Gasteiger partial charge in [0.05, 0.1) is 11.5 Å². The maximum Gasteiger partial charge on any atom is 0.435 e. The number of ether oxygens (including phenoxy) is 2. The first-order valence-corrected chi connectivity index (χ1v) is 9.64. The van der Waals surface area contributed by atoms with Crippen LogP contribution in [0.15, 0.2) is 45.4 Å². The highest BCUT2D eigenvalue weighted by Crippen LogP contribution is 2.27. The highest BCUT2D eigenvalue weighted by Gasteiger charge is 2.44. The van der Waals surface area contributed by atoms with Gasteiger partial charge in [-0.05, 0) is 17.6 Å². The maximum absolute atomic E-state index is 11.0. The number of esters is 1. The lowest BCUT2D eigenvalue weighted by Crippen LogP contribution is -2.41. The Hall–Kier alpha value is -2.74. The van der Waals surface area contributed by atoms with Crippen LogP contribution in [0.2, 0.25) is 0 Å². The molecular weight excluding hydrogens is 410 g/mol. The lowest BCUT2D eigenvalue weighted by molar-refractivity contribution is -0.570. The molecule has 29 heavy (non-hydrogen) atoms. The summed E-state index contributed by atoms with van der Waals surface area (Å²) in [5.41, 5.74) is 2.94. The third kappa shape index (κ3) is 7.30. The molecule has 1 atom stereocenters. The predicted octanol–water partition coefficient (Wildman–Crippen LogP) is 0.653. The Bertz CT molecular complexity index is 871. The van der Waals surface area contributed by atoms with E-state index in [1.807, 2.05) is 0 Å². The van der Waals surface area contributed by atoms with Crippen molar-refractivity contribution in [1.29, 1.82) is 0 Å². The zero-order valence-electron chi connectivity index (χ0n) is 15.3. The van der Waals surface area contributed by atoms with E-state index in [1.165, 1.54) is 17.6 Å². The molecule has 12 nitrogen and oxygen atoms in total. The van der Waals surface area contributed by atoms with E-state index in [2.05, 4.69) is 43.2 Å². The zero-order chi connectivity index (χ0) is 21.5. The van der Waals surface area contributed by atoms with E-state index < -0.39 is 53.0 Å². The summed E-state index contributed by atoms with van der Waals surface area (Å²) in [5.74, 6) is -2.76. The van der Waals surface area contributed by atoms with Gasteiger partial charge in [-0.2, -0.15) is 18.4 Å². The summed E-state index contributed by atoms with van der Waals surface area (Å²) in [6.45, 7) is -0.696. The number of nitrogens with zero attached hydrogens (tertiary/aromatic N) is 3. The van der Waals surface area contributed by atoms with Crippen molar-refractivity contribution in [3.05, 3.63) is 45.6 Å². The van der Waals surface area contributed by atoms with Crippen LogP contribution >= 0.6 is 0 Å². The third-order valence-electron chi connectivity index (χ3n) is 3.74. The fraction of sp³-hybridized carbons (Fsp3) is 0.438. The van der Waals surface area contributed by atoms with Crippen LogP contribution < -0.4 is 0 Å². The smallest absolute Gasteiger partial charge is 0.435 e. The van der Waals surface area contributed by atoms with Crippen LogP contribution in [0.4, 0.5) is 0 Å². The van der Waals surface area contributed by atoms with Crippen molar-refractivity contribution in [2.75, 3.05) is 19.8 Å². The second-order valence-corrected chi connectivity index (χ2v) is 7.12. The molecule has 1 heterocycles. The average Bonchev–Trinajstić information content (AvgIpc) is 3.39. The van der Waals surface area contributed by atoms with Gasteiger partial charge < -0.3 is 9.47 Å². The molecule has 13 heteroatoms. The minimum Gasteiger partial charge on any atom is -0.463 e. The molecule has 2 bridgehead atoms. The molecule has 0 amide bonds. The van der Waals surface area contributed by atoms with E-state index in [0.717, 1.165) is 19.4 Å². The number of fused-ring (bicyclic) bond motifs is 2. The standard InChI is InChI=1S/C9H13N3O9S.C7H6/c1-7(13)19-4-8(5-21-22(16,17)18)20-6-9(12(14)15)10-2-3-11-9;1-2-7-4-3-6(1)5-7/h2-3,8H,4-6H2,1H3,(H,16,17,18);1-4H,5H2. The van der Waals surface area contributed by atoms with E-state index in [1.54, 1.807) is 0 Å². The molecule has 3 rings (SSSR count). The van der Waals surface area contributed by atoms with Crippen molar-refractivity contribution >= 4 is 28.8 Å². The molecular formula is C16H19N3O9S. The fourth-order valence-electron chi connectivity index (χ4n) is 2.32. The first-order valence-electron chi connectivity index (χ1n) is 8.28. The summed E-state index contributed by atoms with van der Waals surface area (Å²) < 4.78 is 43.3. The zero-order valence-corrected chi connectivity index (χ0v) is 16.1. The van der Waals surface area contributed by atoms with E-state index >= 15 is 0 Å². The van der Waals surface area contributed by atoms with E-state index in [9.17, 15) is 23.3 Å². The molecule has 0 fully saturated rings. The summed E-state index contributed by atoms with van der Waals surface area (Å²) >= 11 is 0. The summed E-state index contributed by atoms with van der Waals surface area (Å²) in [6.07, 6.45) is 10.9. The van der Waals surface area contributed by atoms with Crippen molar-refractivity contribution in [2.24, 2.45) is 9.98 Å². The largest absolute Gasteiger partial charge is 0.463 e. The predicted molar refractivity (Wildman–Crippen MR) is 101 cm³/mol. The Labute approximate surface area is 166 Å². The number of rotatable bonds is 9. The quantitative estimate of drug-likeness (QED) is 0.239. The molecule has 1 unspecified atom stereocenters. The lowest BCUT2D eigenvalue weighted by Gasteiger charge is -2.19. The van der Waals surface area contributed by atoms with E-state index in [-0.39, 0.29) is 0 Å². The third-order valence-corrected chi connectivity index (χ3v) is 4.17. The van der Waals surface area contributed by atoms with Crippen molar-refractivity contribution in [3.8, 4) is 0 Å².